The van der Waals surface area contributed by atoms with Gasteiger partial charge in [0.25, 0.3) is 10.0 Å². The molecular formula is C20H22F3N3O2S2. The maximum Gasteiger partial charge on any atom is 0.449 e. The summed E-state index contributed by atoms with van der Waals surface area (Å²) < 4.78 is 69.3. The van der Waals surface area contributed by atoms with E-state index in [1.165, 1.54) is 20.2 Å². The highest BCUT2D eigenvalue weighted by Gasteiger charge is 2.38. The second-order valence-corrected chi connectivity index (χ2v) is 10.8. The maximum atomic E-state index is 13.5. The lowest BCUT2D eigenvalue weighted by atomic mass is 9.98. The monoisotopic (exact) mass is 457 g/mol. The average molecular weight is 458 g/mol. The smallest absolute Gasteiger partial charge is 0.320 e. The number of nitrogens with zero attached hydrogens (tertiary/aromatic N) is 3. The first kappa shape index (κ1) is 21.3. The zero-order valence-electron chi connectivity index (χ0n) is 16.4. The number of benzene rings is 1. The van der Waals surface area contributed by atoms with Crippen LogP contribution in [-0.4, -0.2) is 35.4 Å². The van der Waals surface area contributed by atoms with Gasteiger partial charge in [-0.15, -0.1) is 11.3 Å². The third-order valence-corrected chi connectivity index (χ3v) is 9.10. The Hall–Kier alpha value is -1.91. The van der Waals surface area contributed by atoms with E-state index in [1.54, 1.807) is 30.3 Å². The summed E-state index contributed by atoms with van der Waals surface area (Å²) in [5.41, 5.74) is 0.764. The number of halogens is 3. The summed E-state index contributed by atoms with van der Waals surface area (Å²) in [5.74, 6) is -0.950. The first-order valence-corrected chi connectivity index (χ1v) is 12.1. The van der Waals surface area contributed by atoms with Crippen molar-refractivity contribution >= 4 is 32.4 Å². The molecule has 3 heterocycles. The largest absolute Gasteiger partial charge is 0.449 e. The lowest BCUT2D eigenvalue weighted by molar-refractivity contribution is -0.147. The number of hydrogen-bond donors (Lipinski definition) is 0. The van der Waals surface area contributed by atoms with Gasteiger partial charge in [0.2, 0.25) is 5.82 Å². The van der Waals surface area contributed by atoms with Crippen molar-refractivity contribution in [2.75, 3.05) is 13.1 Å². The Bertz CT molecular complexity index is 1140. The Morgan fingerprint density at radius 1 is 1.13 bits per heavy atom. The van der Waals surface area contributed by atoms with E-state index in [4.69, 9.17) is 0 Å². The second-order valence-electron chi connectivity index (χ2n) is 7.45. The molecular weight excluding hydrogens is 435 g/mol. The molecule has 1 saturated heterocycles. The van der Waals surface area contributed by atoms with Gasteiger partial charge in [-0.2, -0.15) is 17.5 Å². The molecule has 5 nitrogen and oxygen atoms in total. The van der Waals surface area contributed by atoms with Gasteiger partial charge in [-0.25, -0.2) is 13.4 Å². The van der Waals surface area contributed by atoms with Crippen molar-refractivity contribution in [3.63, 3.8) is 0 Å². The van der Waals surface area contributed by atoms with Gasteiger partial charge < -0.3 is 4.57 Å². The Kier molecular flexibility index (Phi) is 5.67. The maximum absolute atomic E-state index is 13.5. The molecule has 3 aromatic rings. The number of alkyl halides is 3. The number of fused-ring (bicyclic) bond motifs is 1. The third kappa shape index (κ3) is 4.00. The zero-order valence-corrected chi connectivity index (χ0v) is 18.0. The van der Waals surface area contributed by atoms with Crippen molar-refractivity contribution in [1.29, 1.82) is 0 Å². The lowest BCUT2D eigenvalue weighted by Crippen LogP contribution is -2.39. The van der Waals surface area contributed by atoms with Gasteiger partial charge in [-0.3, -0.25) is 0 Å². The molecule has 0 amide bonds. The summed E-state index contributed by atoms with van der Waals surface area (Å²) in [7, 11) is -3.55. The highest BCUT2D eigenvalue weighted by atomic mass is 32.2. The molecule has 0 saturated carbocycles. The van der Waals surface area contributed by atoms with Gasteiger partial charge in [0, 0.05) is 24.5 Å². The molecule has 0 atom stereocenters. The van der Waals surface area contributed by atoms with Crippen LogP contribution in [0.3, 0.4) is 0 Å². The Balaban J connectivity index is 1.51. The minimum Gasteiger partial charge on any atom is -0.320 e. The fourth-order valence-corrected chi connectivity index (χ4v) is 6.80. The molecule has 0 spiro atoms. The van der Waals surface area contributed by atoms with E-state index in [-0.39, 0.29) is 12.5 Å². The summed E-state index contributed by atoms with van der Waals surface area (Å²) in [6.45, 7) is 2.76. The first-order valence-electron chi connectivity index (χ1n) is 9.81. The van der Waals surface area contributed by atoms with E-state index in [0.717, 1.165) is 11.3 Å². The van der Waals surface area contributed by atoms with Crippen LogP contribution in [0, 0.1) is 5.92 Å². The zero-order chi connectivity index (χ0) is 21.5. The minimum atomic E-state index is -4.54. The number of aromatic nitrogens is 2. The van der Waals surface area contributed by atoms with Crippen molar-refractivity contribution in [3.05, 3.63) is 47.1 Å². The van der Waals surface area contributed by atoms with Gasteiger partial charge in [-0.05, 0) is 49.4 Å². The van der Waals surface area contributed by atoms with Crippen LogP contribution in [0.2, 0.25) is 0 Å². The number of piperidine rings is 1. The molecule has 1 aliphatic heterocycles. The molecule has 4 rings (SSSR count). The topological polar surface area (TPSA) is 55.2 Å². The van der Waals surface area contributed by atoms with Gasteiger partial charge in [0.1, 0.15) is 4.21 Å². The van der Waals surface area contributed by atoms with E-state index < -0.39 is 22.0 Å². The third-order valence-electron chi connectivity index (χ3n) is 5.50. The van der Waals surface area contributed by atoms with Crippen LogP contribution < -0.4 is 0 Å². The summed E-state index contributed by atoms with van der Waals surface area (Å²) in [5, 5.41) is 0. The van der Waals surface area contributed by atoms with E-state index in [2.05, 4.69) is 4.98 Å². The van der Waals surface area contributed by atoms with E-state index in [1.807, 2.05) is 13.0 Å². The Labute approximate surface area is 177 Å². The van der Waals surface area contributed by atoms with Crippen molar-refractivity contribution < 1.29 is 21.6 Å². The van der Waals surface area contributed by atoms with E-state index in [0.29, 0.717) is 41.2 Å². The highest BCUT2D eigenvalue weighted by molar-refractivity contribution is 7.91. The number of para-hydroxylation sites is 2. The van der Waals surface area contributed by atoms with Crippen molar-refractivity contribution in [3.8, 4) is 0 Å². The summed E-state index contributed by atoms with van der Waals surface area (Å²) in [6.07, 6.45) is -2.74. The van der Waals surface area contributed by atoms with Gasteiger partial charge >= 0.3 is 6.18 Å². The van der Waals surface area contributed by atoms with Crippen LogP contribution in [-0.2, 0) is 29.2 Å². The van der Waals surface area contributed by atoms with Crippen molar-refractivity contribution in [1.82, 2.24) is 13.9 Å². The fraction of sp³-hybridized carbons (Fsp3) is 0.450. The lowest BCUT2D eigenvalue weighted by Gasteiger charge is -2.31. The molecule has 0 N–H and O–H groups in total. The highest BCUT2D eigenvalue weighted by Crippen LogP contribution is 2.34. The number of thiophene rings is 1. The normalized spacial score (nSPS) is 17.1. The summed E-state index contributed by atoms with van der Waals surface area (Å²) in [6, 6.07) is 10.0. The first-order chi connectivity index (χ1) is 14.2. The number of imidazole rings is 1. The van der Waals surface area contributed by atoms with Crippen LogP contribution in [0.5, 0.6) is 0 Å². The van der Waals surface area contributed by atoms with Gasteiger partial charge in [-0.1, -0.05) is 19.1 Å². The molecule has 30 heavy (non-hydrogen) atoms. The molecule has 0 aliphatic carbocycles. The fourth-order valence-electron chi connectivity index (χ4n) is 3.88. The average Bonchev–Trinajstić information content (AvgIpc) is 3.34. The Morgan fingerprint density at radius 3 is 2.47 bits per heavy atom. The van der Waals surface area contributed by atoms with Crippen LogP contribution in [0.4, 0.5) is 13.2 Å². The van der Waals surface area contributed by atoms with Crippen LogP contribution in [0.1, 0.15) is 30.5 Å². The van der Waals surface area contributed by atoms with Crippen LogP contribution in [0.15, 0.2) is 40.6 Å². The molecule has 1 aliphatic rings. The SMILES string of the molecule is CCc1ccc(S(=O)(=O)N2CCC(Cn3c(C(F)(F)F)nc4ccccc43)CC2)s1. The van der Waals surface area contributed by atoms with E-state index >= 15 is 0 Å². The molecule has 10 heteroatoms. The molecule has 2 aromatic heterocycles. The number of hydrogen-bond acceptors (Lipinski definition) is 4. The number of aryl methyl sites for hydroxylation is 1. The Morgan fingerprint density at radius 2 is 1.83 bits per heavy atom. The van der Waals surface area contributed by atoms with Crippen LogP contribution in [0.25, 0.3) is 11.0 Å². The molecule has 0 unspecified atom stereocenters. The number of rotatable bonds is 5. The number of sulfonamides is 1. The summed E-state index contributed by atoms with van der Waals surface area (Å²) >= 11 is 1.28. The predicted molar refractivity (Wildman–Crippen MR) is 110 cm³/mol. The second kappa shape index (κ2) is 7.97. The quantitative estimate of drug-likeness (QED) is 0.554. The molecule has 0 bridgehead atoms. The standard InChI is InChI=1S/C20H22F3N3O2S2/c1-2-15-7-8-18(29-15)30(27,28)25-11-9-14(10-12-25)13-26-17-6-4-3-5-16(17)24-19(26)20(21,22)23/h3-8,14H,2,9-13H2,1H3. The molecule has 162 valence electrons. The molecule has 1 fully saturated rings. The van der Waals surface area contributed by atoms with Crippen LogP contribution >= 0.6 is 11.3 Å². The van der Waals surface area contributed by atoms with Crippen molar-refractivity contribution in [2.24, 2.45) is 5.92 Å². The van der Waals surface area contributed by atoms with Crippen molar-refractivity contribution in [2.45, 2.75) is 43.1 Å². The van der Waals surface area contributed by atoms with Gasteiger partial charge in [0.15, 0.2) is 0 Å². The minimum absolute atomic E-state index is 0.0512. The van der Waals surface area contributed by atoms with E-state index in [9.17, 15) is 21.6 Å². The molecule has 0 radical (unpaired) electrons. The molecule has 1 aromatic carbocycles. The van der Waals surface area contributed by atoms with Gasteiger partial charge in [0.05, 0.1) is 11.0 Å². The predicted octanol–water partition coefficient (Wildman–Crippen LogP) is 4.78. The summed E-state index contributed by atoms with van der Waals surface area (Å²) in [4.78, 5) is 4.80.